The number of hydrogen-bond acceptors (Lipinski definition) is 5. The number of aryl methyl sites for hydroxylation is 1. The van der Waals surface area contributed by atoms with E-state index in [2.05, 4.69) is 17.0 Å². The third kappa shape index (κ3) is 4.52. The van der Waals surface area contributed by atoms with E-state index in [-0.39, 0.29) is 5.97 Å². The van der Waals surface area contributed by atoms with E-state index in [1.807, 2.05) is 18.9 Å². The van der Waals surface area contributed by atoms with Crippen molar-refractivity contribution in [3.05, 3.63) is 12.2 Å². The summed E-state index contributed by atoms with van der Waals surface area (Å²) in [6.45, 7) is 6.06. The highest BCUT2D eigenvalue weighted by atomic mass is 16.5. The van der Waals surface area contributed by atoms with Crippen LogP contribution in [0.3, 0.4) is 0 Å². The van der Waals surface area contributed by atoms with Gasteiger partial charge >= 0.3 is 5.97 Å². The molecule has 17 heavy (non-hydrogen) atoms. The zero-order valence-electron chi connectivity index (χ0n) is 10.7. The van der Waals surface area contributed by atoms with Crippen molar-refractivity contribution in [3.8, 4) is 0 Å². The Morgan fingerprint density at radius 2 is 2.29 bits per heavy atom. The van der Waals surface area contributed by atoms with E-state index in [0.717, 1.165) is 18.8 Å². The van der Waals surface area contributed by atoms with Gasteiger partial charge < -0.3 is 4.74 Å². The van der Waals surface area contributed by atoms with Crippen LogP contribution in [-0.4, -0.2) is 45.3 Å². The molecule has 1 aromatic rings. The summed E-state index contributed by atoms with van der Waals surface area (Å²) in [5, 5.41) is 4.01. The molecule has 0 saturated carbocycles. The lowest BCUT2D eigenvalue weighted by Gasteiger charge is -2.19. The average molecular weight is 240 g/mol. The first-order valence-electron chi connectivity index (χ1n) is 5.88. The number of aromatic nitrogens is 3. The maximum absolute atomic E-state index is 11.4. The third-order valence-corrected chi connectivity index (χ3v) is 2.37. The van der Waals surface area contributed by atoms with Crippen molar-refractivity contribution in [3.63, 3.8) is 0 Å². The van der Waals surface area contributed by atoms with Crippen LogP contribution in [0.4, 0.5) is 0 Å². The first-order chi connectivity index (χ1) is 8.17. The zero-order chi connectivity index (χ0) is 12.7. The van der Waals surface area contributed by atoms with E-state index in [0.29, 0.717) is 19.7 Å². The van der Waals surface area contributed by atoms with Gasteiger partial charge in [0.25, 0.3) is 0 Å². The third-order valence-electron chi connectivity index (χ3n) is 2.37. The molecule has 1 aromatic heterocycles. The quantitative estimate of drug-likeness (QED) is 0.653. The summed E-state index contributed by atoms with van der Waals surface area (Å²) in [6.07, 6.45) is 2.50. The number of hydrogen-bond donors (Lipinski definition) is 0. The Balaban J connectivity index is 2.54. The fraction of sp³-hybridized carbons (Fsp3) is 0.727. The van der Waals surface area contributed by atoms with Crippen molar-refractivity contribution in [1.82, 2.24) is 19.7 Å². The van der Waals surface area contributed by atoms with Gasteiger partial charge in [-0.3, -0.25) is 14.4 Å². The van der Waals surface area contributed by atoms with E-state index >= 15 is 0 Å². The summed E-state index contributed by atoms with van der Waals surface area (Å²) in [4.78, 5) is 17.6. The Kier molecular flexibility index (Phi) is 5.62. The fourth-order valence-corrected chi connectivity index (χ4v) is 1.58. The van der Waals surface area contributed by atoms with Gasteiger partial charge in [-0.1, -0.05) is 6.92 Å². The first kappa shape index (κ1) is 13.6. The molecule has 0 aliphatic heterocycles. The topological polar surface area (TPSA) is 60.3 Å². The maximum atomic E-state index is 11.4. The molecule has 0 aliphatic carbocycles. The van der Waals surface area contributed by atoms with E-state index in [1.54, 1.807) is 4.68 Å². The Hall–Kier alpha value is -1.43. The number of carbonyl (C=O) groups is 1. The van der Waals surface area contributed by atoms with Crippen LogP contribution in [-0.2, 0) is 23.1 Å². The van der Waals surface area contributed by atoms with Gasteiger partial charge in [-0.15, -0.1) is 0 Å². The molecule has 0 saturated heterocycles. The summed E-state index contributed by atoms with van der Waals surface area (Å²) in [6, 6.07) is 0. The van der Waals surface area contributed by atoms with Gasteiger partial charge in [0.1, 0.15) is 12.2 Å². The molecule has 0 aromatic carbocycles. The predicted molar refractivity (Wildman–Crippen MR) is 63.2 cm³/mol. The molecular formula is C11H20N4O2. The second-order valence-corrected chi connectivity index (χ2v) is 3.82. The minimum atomic E-state index is -0.192. The minimum absolute atomic E-state index is 0.192. The van der Waals surface area contributed by atoms with E-state index in [4.69, 9.17) is 4.74 Å². The molecule has 0 atom stereocenters. The van der Waals surface area contributed by atoms with Crippen LogP contribution in [0, 0.1) is 0 Å². The predicted octanol–water partition coefficient (Wildman–Crippen LogP) is 0.590. The largest absolute Gasteiger partial charge is 0.465 e. The van der Waals surface area contributed by atoms with Crippen molar-refractivity contribution in [2.45, 2.75) is 26.8 Å². The highest BCUT2D eigenvalue weighted by Gasteiger charge is 2.13. The fourth-order valence-electron chi connectivity index (χ4n) is 1.58. The second-order valence-electron chi connectivity index (χ2n) is 3.82. The van der Waals surface area contributed by atoms with Crippen LogP contribution in [0.2, 0.25) is 0 Å². The van der Waals surface area contributed by atoms with Gasteiger partial charge in [-0.25, -0.2) is 4.98 Å². The number of carbonyl (C=O) groups excluding carboxylic acids is 1. The van der Waals surface area contributed by atoms with Crippen LogP contribution >= 0.6 is 0 Å². The highest BCUT2D eigenvalue weighted by molar-refractivity contribution is 5.71. The molecule has 1 rings (SSSR count). The smallest absolute Gasteiger partial charge is 0.320 e. The van der Waals surface area contributed by atoms with Gasteiger partial charge in [0.05, 0.1) is 19.7 Å². The molecule has 6 heteroatoms. The molecule has 0 spiro atoms. The molecule has 0 fully saturated rings. The Labute approximate surface area is 102 Å². The maximum Gasteiger partial charge on any atom is 0.320 e. The van der Waals surface area contributed by atoms with Crippen LogP contribution in [0.15, 0.2) is 6.33 Å². The lowest BCUT2D eigenvalue weighted by atomic mass is 10.4. The normalized spacial score (nSPS) is 10.8. The molecule has 6 nitrogen and oxygen atoms in total. The minimum Gasteiger partial charge on any atom is -0.465 e. The Bertz CT molecular complexity index is 351. The van der Waals surface area contributed by atoms with Crippen molar-refractivity contribution in [2.75, 3.05) is 19.7 Å². The zero-order valence-corrected chi connectivity index (χ0v) is 10.7. The number of ether oxygens (including phenoxy) is 1. The summed E-state index contributed by atoms with van der Waals surface area (Å²) in [5.41, 5.74) is 0. The molecule has 0 N–H and O–H groups in total. The molecule has 0 aliphatic rings. The van der Waals surface area contributed by atoms with Crippen LogP contribution in [0.1, 0.15) is 26.1 Å². The molecule has 0 bridgehead atoms. The summed E-state index contributed by atoms with van der Waals surface area (Å²) in [5.74, 6) is 0.658. The van der Waals surface area contributed by atoms with Crippen molar-refractivity contribution in [1.29, 1.82) is 0 Å². The molecule has 0 unspecified atom stereocenters. The summed E-state index contributed by atoms with van der Waals surface area (Å²) >= 11 is 0. The van der Waals surface area contributed by atoms with E-state index in [9.17, 15) is 4.79 Å². The van der Waals surface area contributed by atoms with Gasteiger partial charge in [0.15, 0.2) is 0 Å². The Morgan fingerprint density at radius 3 is 2.82 bits per heavy atom. The number of rotatable bonds is 7. The number of esters is 1. The van der Waals surface area contributed by atoms with Gasteiger partial charge in [0.2, 0.25) is 0 Å². The molecule has 1 heterocycles. The lowest BCUT2D eigenvalue weighted by molar-refractivity contribution is -0.144. The van der Waals surface area contributed by atoms with E-state index in [1.165, 1.54) is 6.33 Å². The molecular weight excluding hydrogens is 220 g/mol. The van der Waals surface area contributed by atoms with Gasteiger partial charge in [-0.05, 0) is 19.9 Å². The van der Waals surface area contributed by atoms with Gasteiger partial charge in [-0.2, -0.15) is 5.10 Å². The molecule has 0 radical (unpaired) electrons. The summed E-state index contributed by atoms with van der Waals surface area (Å²) in [7, 11) is 1.84. The van der Waals surface area contributed by atoms with Gasteiger partial charge in [0, 0.05) is 7.05 Å². The molecule has 0 amide bonds. The summed E-state index contributed by atoms with van der Waals surface area (Å²) < 4.78 is 6.66. The standard InChI is InChI=1S/C11H20N4O2/c1-4-6-15(8-11(16)17-5-2)7-10-12-9-13-14(10)3/h9H,4-8H2,1-3H3. The highest BCUT2D eigenvalue weighted by Crippen LogP contribution is 2.01. The second kappa shape index (κ2) is 7.01. The van der Waals surface area contributed by atoms with Crippen molar-refractivity contribution < 1.29 is 9.53 Å². The average Bonchev–Trinajstić information content (AvgIpc) is 2.65. The number of nitrogens with zero attached hydrogens (tertiary/aromatic N) is 4. The van der Waals surface area contributed by atoms with Crippen LogP contribution in [0.5, 0.6) is 0 Å². The first-order valence-corrected chi connectivity index (χ1v) is 5.88. The van der Waals surface area contributed by atoms with Crippen LogP contribution in [0.25, 0.3) is 0 Å². The van der Waals surface area contributed by atoms with E-state index < -0.39 is 0 Å². The molecule has 96 valence electrons. The Morgan fingerprint density at radius 1 is 1.53 bits per heavy atom. The van der Waals surface area contributed by atoms with Crippen LogP contribution < -0.4 is 0 Å². The monoisotopic (exact) mass is 240 g/mol. The lowest BCUT2D eigenvalue weighted by Crippen LogP contribution is -2.32. The van der Waals surface area contributed by atoms with Crippen molar-refractivity contribution in [2.24, 2.45) is 7.05 Å². The van der Waals surface area contributed by atoms with Crippen molar-refractivity contribution >= 4 is 5.97 Å². The SMILES string of the molecule is CCCN(CC(=O)OCC)Cc1ncnn1C.